The third kappa shape index (κ3) is 3.71. The van der Waals surface area contributed by atoms with Gasteiger partial charge in [0.25, 0.3) is 5.91 Å². The molecule has 0 radical (unpaired) electrons. The molecule has 0 aliphatic carbocycles. The molecule has 6 nitrogen and oxygen atoms in total. The van der Waals surface area contributed by atoms with Crippen molar-refractivity contribution in [2.24, 2.45) is 5.92 Å². The Morgan fingerprint density at radius 3 is 2.77 bits per heavy atom. The fourth-order valence-corrected chi connectivity index (χ4v) is 2.34. The normalized spacial score (nSPS) is 12.1. The Balaban J connectivity index is 2.07. The lowest BCUT2D eigenvalue weighted by Crippen LogP contribution is -2.29. The monoisotopic (exact) mass is 302 g/mol. The molecule has 1 unspecified atom stereocenters. The summed E-state index contributed by atoms with van der Waals surface area (Å²) in [5.41, 5.74) is 2.23. The highest BCUT2D eigenvalue weighted by Crippen LogP contribution is 2.13. The van der Waals surface area contributed by atoms with Crippen LogP contribution in [-0.4, -0.2) is 38.9 Å². The molecule has 0 aliphatic heterocycles. The van der Waals surface area contributed by atoms with Crippen LogP contribution in [0.5, 0.6) is 0 Å². The zero-order valence-corrected chi connectivity index (χ0v) is 13.0. The quantitative estimate of drug-likeness (QED) is 0.816. The van der Waals surface area contributed by atoms with Crippen molar-refractivity contribution in [2.45, 2.75) is 26.7 Å². The molecule has 0 bridgehead atoms. The zero-order valence-electron chi connectivity index (χ0n) is 13.0. The topological polar surface area (TPSA) is 80.0 Å². The molecule has 0 saturated carbocycles. The van der Waals surface area contributed by atoms with Gasteiger partial charge in [0.1, 0.15) is 0 Å². The second-order valence-corrected chi connectivity index (χ2v) is 5.26. The number of nitrogens with one attached hydrogen (secondary N) is 1. The van der Waals surface area contributed by atoms with Crippen LogP contribution in [0.3, 0.4) is 0 Å². The maximum absolute atomic E-state index is 12.3. The molecule has 1 atom stereocenters. The van der Waals surface area contributed by atoms with Gasteiger partial charge in [-0.25, -0.2) is 4.68 Å². The zero-order chi connectivity index (χ0) is 15.9. The van der Waals surface area contributed by atoms with Crippen molar-refractivity contribution >= 4 is 5.91 Å². The van der Waals surface area contributed by atoms with Crippen molar-refractivity contribution in [1.29, 1.82) is 0 Å². The van der Waals surface area contributed by atoms with Gasteiger partial charge in [-0.2, -0.15) is 5.10 Å². The van der Waals surface area contributed by atoms with E-state index in [1.54, 1.807) is 23.3 Å². The van der Waals surface area contributed by atoms with E-state index in [4.69, 9.17) is 5.11 Å². The minimum Gasteiger partial charge on any atom is -0.396 e. The largest absolute Gasteiger partial charge is 0.396 e. The summed E-state index contributed by atoms with van der Waals surface area (Å²) in [6.07, 6.45) is 6.59. The van der Waals surface area contributed by atoms with Gasteiger partial charge in [0.15, 0.2) is 0 Å². The number of aromatic nitrogens is 3. The lowest BCUT2D eigenvalue weighted by atomic mass is 10.0. The van der Waals surface area contributed by atoms with Crippen LogP contribution < -0.4 is 5.32 Å². The average Bonchev–Trinajstić information content (AvgIpc) is 2.93. The first-order chi connectivity index (χ1) is 10.7. The van der Waals surface area contributed by atoms with E-state index in [9.17, 15) is 4.79 Å². The summed E-state index contributed by atoms with van der Waals surface area (Å²) in [6, 6.07) is 3.69. The highest BCUT2D eigenvalue weighted by molar-refractivity contribution is 5.95. The smallest absolute Gasteiger partial charge is 0.254 e. The molecule has 2 rings (SSSR count). The van der Waals surface area contributed by atoms with E-state index in [0.717, 1.165) is 17.8 Å². The van der Waals surface area contributed by atoms with Gasteiger partial charge >= 0.3 is 0 Å². The summed E-state index contributed by atoms with van der Waals surface area (Å²) in [5.74, 6) is 0.165. The van der Waals surface area contributed by atoms with Crippen molar-refractivity contribution < 1.29 is 9.90 Å². The van der Waals surface area contributed by atoms with Crippen LogP contribution in [-0.2, 0) is 0 Å². The summed E-state index contributed by atoms with van der Waals surface area (Å²) in [4.78, 5) is 16.3. The predicted molar refractivity (Wildman–Crippen MR) is 83.9 cm³/mol. The molecule has 118 valence electrons. The number of aliphatic hydroxyl groups excluding tert-OH is 1. The summed E-state index contributed by atoms with van der Waals surface area (Å²) >= 11 is 0. The number of nitrogens with zero attached hydrogens (tertiary/aromatic N) is 3. The Hall–Kier alpha value is -2.21. The van der Waals surface area contributed by atoms with Gasteiger partial charge in [-0.05, 0) is 31.4 Å². The van der Waals surface area contributed by atoms with Gasteiger partial charge in [0.05, 0.1) is 23.1 Å². The van der Waals surface area contributed by atoms with E-state index in [1.165, 1.54) is 0 Å². The second-order valence-electron chi connectivity index (χ2n) is 5.26. The van der Waals surface area contributed by atoms with Crippen molar-refractivity contribution in [1.82, 2.24) is 20.1 Å². The highest BCUT2D eigenvalue weighted by Gasteiger charge is 2.16. The first-order valence-corrected chi connectivity index (χ1v) is 7.51. The number of carbonyl (C=O) groups is 1. The van der Waals surface area contributed by atoms with Crippen LogP contribution >= 0.6 is 0 Å². The van der Waals surface area contributed by atoms with E-state index in [2.05, 4.69) is 22.3 Å². The molecular weight excluding hydrogens is 280 g/mol. The minimum absolute atomic E-state index is 0.130. The molecule has 22 heavy (non-hydrogen) atoms. The van der Waals surface area contributed by atoms with E-state index in [-0.39, 0.29) is 12.5 Å². The molecule has 6 heteroatoms. The third-order valence-corrected chi connectivity index (χ3v) is 3.83. The Morgan fingerprint density at radius 2 is 2.14 bits per heavy atom. The fourth-order valence-electron chi connectivity index (χ4n) is 2.34. The van der Waals surface area contributed by atoms with E-state index in [1.807, 2.05) is 19.1 Å². The lowest BCUT2D eigenvalue weighted by Gasteiger charge is -2.14. The van der Waals surface area contributed by atoms with E-state index < -0.39 is 0 Å². The molecule has 0 saturated heterocycles. The van der Waals surface area contributed by atoms with Gasteiger partial charge in [-0.15, -0.1) is 0 Å². The van der Waals surface area contributed by atoms with Gasteiger partial charge in [0, 0.05) is 25.5 Å². The van der Waals surface area contributed by atoms with Crippen LogP contribution in [0, 0.1) is 12.8 Å². The highest BCUT2D eigenvalue weighted by atomic mass is 16.3. The molecular formula is C16H22N4O2. The number of rotatable bonds is 7. The maximum Gasteiger partial charge on any atom is 0.254 e. The minimum atomic E-state index is -0.130. The summed E-state index contributed by atoms with van der Waals surface area (Å²) in [5, 5.41) is 16.2. The predicted octanol–water partition coefficient (Wildman–Crippen LogP) is 1.71. The Morgan fingerprint density at radius 1 is 1.41 bits per heavy atom. The third-order valence-electron chi connectivity index (χ3n) is 3.83. The van der Waals surface area contributed by atoms with Gasteiger partial charge in [-0.1, -0.05) is 13.3 Å². The Kier molecular flexibility index (Phi) is 5.66. The van der Waals surface area contributed by atoms with E-state index >= 15 is 0 Å². The number of hydrogen-bond donors (Lipinski definition) is 2. The number of hydrogen-bond acceptors (Lipinski definition) is 4. The van der Waals surface area contributed by atoms with Crippen molar-refractivity contribution in [3.05, 3.63) is 42.0 Å². The maximum atomic E-state index is 12.3. The van der Waals surface area contributed by atoms with Crippen LogP contribution in [0.15, 0.2) is 30.7 Å². The van der Waals surface area contributed by atoms with E-state index in [0.29, 0.717) is 24.4 Å². The van der Waals surface area contributed by atoms with Gasteiger partial charge in [0.2, 0.25) is 0 Å². The van der Waals surface area contributed by atoms with Crippen molar-refractivity contribution in [3.8, 4) is 5.69 Å². The number of amides is 1. The molecule has 0 fully saturated rings. The summed E-state index contributed by atoms with van der Waals surface area (Å²) in [7, 11) is 0. The SMILES string of the molecule is CCC(CCO)CNC(=O)c1cnn(-c2ccncc2)c1C. The van der Waals surface area contributed by atoms with Gasteiger partial charge in [-0.3, -0.25) is 9.78 Å². The average molecular weight is 302 g/mol. The lowest BCUT2D eigenvalue weighted by molar-refractivity contribution is 0.0943. The summed E-state index contributed by atoms with van der Waals surface area (Å²) < 4.78 is 1.72. The molecule has 2 aromatic heterocycles. The van der Waals surface area contributed by atoms with Crippen LogP contribution in [0.25, 0.3) is 5.69 Å². The van der Waals surface area contributed by atoms with Crippen LogP contribution in [0.4, 0.5) is 0 Å². The van der Waals surface area contributed by atoms with Crippen LogP contribution in [0.2, 0.25) is 0 Å². The number of aliphatic hydroxyl groups is 1. The molecule has 1 amide bonds. The van der Waals surface area contributed by atoms with Crippen molar-refractivity contribution in [2.75, 3.05) is 13.2 Å². The first-order valence-electron chi connectivity index (χ1n) is 7.51. The molecule has 0 aromatic carbocycles. The number of pyridine rings is 1. The molecule has 0 aliphatic rings. The summed E-state index contributed by atoms with van der Waals surface area (Å²) in [6.45, 7) is 4.63. The van der Waals surface area contributed by atoms with Crippen LogP contribution in [0.1, 0.15) is 35.8 Å². The molecule has 2 N–H and O–H groups in total. The molecule has 0 spiro atoms. The molecule has 2 heterocycles. The Bertz CT molecular complexity index is 610. The van der Waals surface area contributed by atoms with Crippen molar-refractivity contribution in [3.63, 3.8) is 0 Å². The standard InChI is InChI=1S/C16H22N4O2/c1-3-13(6-9-21)10-18-16(22)15-11-19-20(12(15)2)14-4-7-17-8-5-14/h4-5,7-8,11,13,21H,3,6,9-10H2,1-2H3,(H,18,22). The van der Waals surface area contributed by atoms with Gasteiger partial charge < -0.3 is 10.4 Å². The number of carbonyl (C=O) groups excluding carboxylic acids is 1. The Labute approximate surface area is 130 Å². The first kappa shape index (κ1) is 16.2. The molecule has 2 aromatic rings. The fraction of sp³-hybridized carbons (Fsp3) is 0.438. The second kappa shape index (κ2) is 7.70.